The summed E-state index contributed by atoms with van der Waals surface area (Å²) >= 11 is 0. The molecule has 29 heavy (non-hydrogen) atoms. The second kappa shape index (κ2) is 9.44. The fourth-order valence-electron chi connectivity index (χ4n) is 3.63. The third kappa shape index (κ3) is 6.32. The van der Waals surface area contributed by atoms with Gasteiger partial charge in [-0.15, -0.1) is 0 Å². The monoisotopic (exact) mass is 399 g/mol. The van der Waals surface area contributed by atoms with Gasteiger partial charge in [0, 0.05) is 31.3 Å². The van der Waals surface area contributed by atoms with E-state index in [1.165, 1.54) is 6.07 Å². The minimum atomic E-state index is -0.331. The molecule has 156 valence electrons. The van der Waals surface area contributed by atoms with E-state index in [1.54, 1.807) is 24.5 Å². The van der Waals surface area contributed by atoms with Crippen molar-refractivity contribution in [2.24, 2.45) is 5.92 Å². The highest BCUT2D eigenvalue weighted by molar-refractivity contribution is 5.81. The van der Waals surface area contributed by atoms with Crippen LogP contribution in [0, 0.1) is 11.7 Å². The van der Waals surface area contributed by atoms with E-state index in [2.05, 4.69) is 14.9 Å². The highest BCUT2D eigenvalue weighted by atomic mass is 19.1. The number of piperidine rings is 1. The summed E-state index contributed by atoms with van der Waals surface area (Å²) < 4.78 is 19.7. The maximum Gasteiger partial charge on any atom is 0.237 e. The molecule has 0 bridgehead atoms. The molecule has 1 fully saturated rings. The third-order valence-electron chi connectivity index (χ3n) is 5.15. The Bertz CT molecular complexity index is 827. The first-order valence-corrected chi connectivity index (χ1v) is 10.3. The van der Waals surface area contributed by atoms with Gasteiger partial charge in [-0.3, -0.25) is 14.7 Å². The second-order valence-electron chi connectivity index (χ2n) is 8.63. The second-order valence-corrected chi connectivity index (χ2v) is 8.63. The molecular weight excluding hydrogens is 369 g/mol. The van der Waals surface area contributed by atoms with Crippen LogP contribution in [-0.2, 0) is 17.8 Å². The summed E-state index contributed by atoms with van der Waals surface area (Å²) in [6, 6.07) is 6.68. The van der Waals surface area contributed by atoms with Gasteiger partial charge in [0.2, 0.25) is 5.88 Å². The summed E-state index contributed by atoms with van der Waals surface area (Å²) in [5, 5.41) is 0. The molecule has 0 aliphatic carbocycles. The number of carbonyl (C=O) groups excluding carboxylic acids is 1. The van der Waals surface area contributed by atoms with E-state index in [-0.39, 0.29) is 23.1 Å². The van der Waals surface area contributed by atoms with Crippen LogP contribution in [0.4, 0.5) is 4.39 Å². The zero-order valence-corrected chi connectivity index (χ0v) is 17.5. The van der Waals surface area contributed by atoms with Crippen molar-refractivity contribution in [1.29, 1.82) is 0 Å². The minimum absolute atomic E-state index is 0.0603. The normalized spacial score (nSPS) is 16.0. The van der Waals surface area contributed by atoms with Gasteiger partial charge < -0.3 is 4.74 Å². The Hall–Kier alpha value is -2.34. The number of aryl methyl sites for hydroxylation is 1. The van der Waals surface area contributed by atoms with Gasteiger partial charge in [-0.2, -0.15) is 0 Å². The van der Waals surface area contributed by atoms with Crippen LogP contribution in [0.1, 0.15) is 51.3 Å². The lowest BCUT2D eigenvalue weighted by Gasteiger charge is -2.31. The molecule has 1 aliphatic heterocycles. The smallest absolute Gasteiger partial charge is 0.237 e. The van der Waals surface area contributed by atoms with Crippen LogP contribution in [-0.4, -0.2) is 39.3 Å². The van der Waals surface area contributed by atoms with Crippen LogP contribution in [0.2, 0.25) is 0 Å². The van der Waals surface area contributed by atoms with E-state index in [0.717, 1.165) is 31.6 Å². The average molecular weight is 400 g/mol. The highest BCUT2D eigenvalue weighted by Gasteiger charge is 2.26. The van der Waals surface area contributed by atoms with Crippen LogP contribution < -0.4 is 4.74 Å². The molecule has 6 heteroatoms. The number of likely N-dealkylation sites (tertiary alicyclic amines) is 1. The molecule has 0 unspecified atom stereocenters. The number of halogens is 1. The predicted octanol–water partition coefficient (Wildman–Crippen LogP) is 4.21. The van der Waals surface area contributed by atoms with E-state index in [1.807, 2.05) is 26.8 Å². The molecule has 0 atom stereocenters. The van der Waals surface area contributed by atoms with E-state index >= 15 is 0 Å². The van der Waals surface area contributed by atoms with E-state index in [0.29, 0.717) is 30.8 Å². The highest BCUT2D eigenvalue weighted by Crippen LogP contribution is 2.24. The molecule has 1 saturated heterocycles. The average Bonchev–Trinajstić information content (AvgIpc) is 2.68. The zero-order chi connectivity index (χ0) is 20.9. The first kappa shape index (κ1) is 21.4. The molecule has 0 spiro atoms. The van der Waals surface area contributed by atoms with Crippen molar-refractivity contribution in [2.75, 3.05) is 13.1 Å². The first-order chi connectivity index (χ1) is 13.8. The summed E-state index contributed by atoms with van der Waals surface area (Å²) in [5.41, 5.74) is 1.11. The number of hydrogen-bond donors (Lipinski definition) is 0. The first-order valence-electron chi connectivity index (χ1n) is 10.3. The fourth-order valence-corrected chi connectivity index (χ4v) is 3.63. The largest absolute Gasteiger partial charge is 0.471 e. The van der Waals surface area contributed by atoms with Gasteiger partial charge in [0.15, 0.2) is 0 Å². The van der Waals surface area contributed by atoms with Gasteiger partial charge in [0.1, 0.15) is 22.9 Å². The van der Waals surface area contributed by atoms with Crippen LogP contribution >= 0.6 is 0 Å². The number of ketones is 1. The Kier molecular flexibility index (Phi) is 6.96. The minimum Gasteiger partial charge on any atom is -0.471 e. The molecule has 3 rings (SSSR count). The van der Waals surface area contributed by atoms with Gasteiger partial charge in [-0.25, -0.2) is 9.37 Å². The van der Waals surface area contributed by atoms with Gasteiger partial charge in [-0.05, 0) is 64.8 Å². The number of nitrogens with zero attached hydrogens (tertiary/aromatic N) is 3. The number of Topliss-reactive ketones (excluding diaryl/α,β-unsaturated/α-hetero) is 1. The Morgan fingerprint density at radius 1 is 1.17 bits per heavy atom. The van der Waals surface area contributed by atoms with Gasteiger partial charge in [-0.1, -0.05) is 18.2 Å². The molecule has 2 heterocycles. The number of benzene rings is 1. The number of rotatable bonds is 7. The zero-order valence-electron chi connectivity index (χ0n) is 17.5. The van der Waals surface area contributed by atoms with Crippen LogP contribution in [0.25, 0.3) is 0 Å². The van der Waals surface area contributed by atoms with Crippen molar-refractivity contribution in [3.63, 3.8) is 0 Å². The van der Waals surface area contributed by atoms with Gasteiger partial charge >= 0.3 is 0 Å². The van der Waals surface area contributed by atoms with Crippen molar-refractivity contribution in [3.05, 3.63) is 53.7 Å². The Balaban J connectivity index is 1.49. The molecule has 2 aromatic rings. The van der Waals surface area contributed by atoms with E-state index < -0.39 is 0 Å². The van der Waals surface area contributed by atoms with Gasteiger partial charge in [0.05, 0.1) is 0 Å². The summed E-state index contributed by atoms with van der Waals surface area (Å²) in [4.78, 5) is 23.7. The number of ether oxygens (including phenoxy) is 1. The van der Waals surface area contributed by atoms with E-state index in [4.69, 9.17) is 4.74 Å². The molecule has 5 nitrogen and oxygen atoms in total. The van der Waals surface area contributed by atoms with E-state index in [9.17, 15) is 9.18 Å². The maximum absolute atomic E-state index is 13.7. The molecule has 1 aromatic heterocycles. The topological polar surface area (TPSA) is 55.3 Å². The fraction of sp³-hybridized carbons (Fsp3) is 0.522. The summed E-state index contributed by atoms with van der Waals surface area (Å²) in [6.45, 7) is 8.30. The number of carbonyl (C=O) groups is 1. The van der Waals surface area contributed by atoms with Crippen LogP contribution in [0.15, 0.2) is 36.7 Å². The van der Waals surface area contributed by atoms with Crippen LogP contribution in [0.5, 0.6) is 5.88 Å². The van der Waals surface area contributed by atoms with Crippen molar-refractivity contribution < 1.29 is 13.9 Å². The molecule has 0 radical (unpaired) electrons. The van der Waals surface area contributed by atoms with Crippen molar-refractivity contribution in [2.45, 2.75) is 58.6 Å². The molecule has 0 saturated carbocycles. The molecule has 0 N–H and O–H groups in total. The molecule has 0 amide bonds. The van der Waals surface area contributed by atoms with Crippen LogP contribution in [0.3, 0.4) is 0 Å². The van der Waals surface area contributed by atoms with Crippen molar-refractivity contribution in [3.8, 4) is 5.88 Å². The predicted molar refractivity (Wildman–Crippen MR) is 110 cm³/mol. The lowest BCUT2D eigenvalue weighted by atomic mass is 9.89. The maximum atomic E-state index is 13.7. The summed E-state index contributed by atoms with van der Waals surface area (Å²) in [6.07, 6.45) is 5.85. The lowest BCUT2D eigenvalue weighted by molar-refractivity contribution is -0.124. The Morgan fingerprint density at radius 3 is 2.55 bits per heavy atom. The quantitative estimate of drug-likeness (QED) is 0.698. The SMILES string of the molecule is CC(C)(C)Oc1nccnc1CN1CCC(C(=O)CCc2ccccc2F)CC1. The number of aromatic nitrogens is 2. The Morgan fingerprint density at radius 2 is 1.86 bits per heavy atom. The Labute approximate surface area is 172 Å². The molecular formula is C23H30FN3O2. The van der Waals surface area contributed by atoms with Crippen molar-refractivity contribution in [1.82, 2.24) is 14.9 Å². The van der Waals surface area contributed by atoms with Gasteiger partial charge in [0.25, 0.3) is 0 Å². The molecule has 1 aliphatic rings. The van der Waals surface area contributed by atoms with Crippen molar-refractivity contribution >= 4 is 5.78 Å². The standard InChI is InChI=1S/C23H30FN3O2/c1-23(2,3)29-22-20(25-12-13-26-22)16-27-14-10-18(11-15-27)21(28)9-8-17-6-4-5-7-19(17)24/h4-7,12-13,18H,8-11,14-16H2,1-3H3. The summed E-state index contributed by atoms with van der Waals surface area (Å²) in [5.74, 6) is 0.643. The number of hydrogen-bond acceptors (Lipinski definition) is 5. The summed E-state index contributed by atoms with van der Waals surface area (Å²) in [7, 11) is 0. The third-order valence-corrected chi connectivity index (χ3v) is 5.15. The lowest BCUT2D eigenvalue weighted by Crippen LogP contribution is -2.36. The molecule has 1 aromatic carbocycles.